The fraction of sp³-hybridized carbons (Fsp3) is 0.400. The Bertz CT molecular complexity index is 378. The summed E-state index contributed by atoms with van der Waals surface area (Å²) >= 11 is 0. The lowest BCUT2D eigenvalue weighted by Crippen LogP contribution is -2.05. The number of rotatable bonds is 4. The van der Waals surface area contributed by atoms with E-state index in [-0.39, 0.29) is 0 Å². The average Bonchev–Trinajstić information content (AvgIpc) is 2.06. The number of benzene rings is 1. The van der Waals surface area contributed by atoms with Gasteiger partial charge in [0.15, 0.2) is 0 Å². The van der Waals surface area contributed by atoms with Crippen LogP contribution in [-0.4, -0.2) is 14.7 Å². The molecule has 1 aromatic rings. The van der Waals surface area contributed by atoms with Gasteiger partial charge in [-0.3, -0.25) is 0 Å². The van der Waals surface area contributed by atoms with Gasteiger partial charge in [-0.15, -0.1) is 0 Å². The van der Waals surface area contributed by atoms with E-state index in [1.54, 1.807) is 12.1 Å². The van der Waals surface area contributed by atoms with Crippen molar-refractivity contribution in [2.75, 3.05) is 6.26 Å². The first-order chi connectivity index (χ1) is 6.51. The zero-order valence-electron chi connectivity index (χ0n) is 8.36. The SMILES string of the molecule is CCCc1ccc(OS(C)(=O)=O)cc1. The van der Waals surface area contributed by atoms with Gasteiger partial charge in [-0.1, -0.05) is 25.5 Å². The van der Waals surface area contributed by atoms with Crippen molar-refractivity contribution in [2.45, 2.75) is 19.8 Å². The third-order valence-electron chi connectivity index (χ3n) is 1.71. The molecule has 0 unspecified atom stereocenters. The van der Waals surface area contributed by atoms with E-state index in [1.807, 2.05) is 12.1 Å². The largest absolute Gasteiger partial charge is 0.383 e. The summed E-state index contributed by atoms with van der Waals surface area (Å²) in [6.45, 7) is 2.10. The maximum absolute atomic E-state index is 10.8. The number of hydrogen-bond donors (Lipinski definition) is 0. The molecule has 3 nitrogen and oxygen atoms in total. The van der Waals surface area contributed by atoms with E-state index in [0.29, 0.717) is 5.75 Å². The Balaban J connectivity index is 2.74. The first kappa shape index (κ1) is 11.0. The maximum atomic E-state index is 10.8. The van der Waals surface area contributed by atoms with E-state index in [4.69, 9.17) is 4.18 Å². The van der Waals surface area contributed by atoms with Gasteiger partial charge in [0, 0.05) is 0 Å². The molecule has 1 rings (SSSR count). The van der Waals surface area contributed by atoms with Crippen LogP contribution in [0.5, 0.6) is 5.75 Å². The van der Waals surface area contributed by atoms with E-state index >= 15 is 0 Å². The molecule has 0 aliphatic carbocycles. The molecule has 0 heterocycles. The van der Waals surface area contributed by atoms with Crippen molar-refractivity contribution >= 4 is 10.1 Å². The Morgan fingerprint density at radius 2 is 1.79 bits per heavy atom. The Kier molecular flexibility index (Phi) is 3.52. The van der Waals surface area contributed by atoms with Crippen LogP contribution in [0.3, 0.4) is 0 Å². The predicted octanol–water partition coefficient (Wildman–Crippen LogP) is 1.98. The van der Waals surface area contributed by atoms with Crippen LogP contribution < -0.4 is 4.18 Å². The van der Waals surface area contributed by atoms with Crippen LogP contribution in [-0.2, 0) is 16.5 Å². The second-order valence-corrected chi connectivity index (χ2v) is 4.76. The first-order valence-electron chi connectivity index (χ1n) is 4.49. The minimum atomic E-state index is -3.40. The quantitative estimate of drug-likeness (QED) is 0.720. The van der Waals surface area contributed by atoms with Gasteiger partial charge in [-0.25, -0.2) is 0 Å². The summed E-state index contributed by atoms with van der Waals surface area (Å²) in [5, 5.41) is 0. The Labute approximate surface area is 84.8 Å². The van der Waals surface area contributed by atoms with Crippen molar-refractivity contribution in [2.24, 2.45) is 0 Å². The molecule has 0 aromatic heterocycles. The average molecular weight is 214 g/mol. The van der Waals surface area contributed by atoms with Crippen molar-refractivity contribution < 1.29 is 12.6 Å². The molecule has 0 atom stereocenters. The van der Waals surface area contributed by atoms with Crippen LogP contribution in [0.15, 0.2) is 24.3 Å². The van der Waals surface area contributed by atoms with Crippen LogP contribution in [0, 0.1) is 0 Å². The van der Waals surface area contributed by atoms with Gasteiger partial charge in [0.05, 0.1) is 6.26 Å². The third kappa shape index (κ3) is 3.79. The second kappa shape index (κ2) is 4.46. The zero-order chi connectivity index (χ0) is 10.6. The molecular formula is C10H14O3S. The topological polar surface area (TPSA) is 43.4 Å². The molecule has 0 N–H and O–H groups in total. The van der Waals surface area contributed by atoms with Gasteiger partial charge >= 0.3 is 10.1 Å². The summed E-state index contributed by atoms with van der Waals surface area (Å²) < 4.78 is 26.3. The third-order valence-corrected chi connectivity index (χ3v) is 2.20. The highest BCUT2D eigenvalue weighted by atomic mass is 32.2. The molecule has 0 saturated heterocycles. The van der Waals surface area contributed by atoms with Crippen molar-refractivity contribution in [3.05, 3.63) is 29.8 Å². The van der Waals surface area contributed by atoms with E-state index in [9.17, 15) is 8.42 Å². The van der Waals surface area contributed by atoms with Crippen LogP contribution in [0.1, 0.15) is 18.9 Å². The molecule has 0 amide bonds. The number of hydrogen-bond acceptors (Lipinski definition) is 3. The smallest absolute Gasteiger partial charge is 0.306 e. The Morgan fingerprint density at radius 1 is 1.21 bits per heavy atom. The van der Waals surface area contributed by atoms with Gasteiger partial charge < -0.3 is 4.18 Å². The summed E-state index contributed by atoms with van der Waals surface area (Å²) in [6.07, 6.45) is 3.11. The summed E-state index contributed by atoms with van der Waals surface area (Å²) in [6, 6.07) is 7.10. The molecular weight excluding hydrogens is 200 g/mol. The van der Waals surface area contributed by atoms with Gasteiger partial charge in [-0.05, 0) is 24.1 Å². The standard InChI is InChI=1S/C10H14O3S/c1-3-4-9-5-7-10(8-6-9)13-14(2,11)12/h5-8H,3-4H2,1-2H3. The molecule has 0 fully saturated rings. The molecule has 0 bridgehead atoms. The molecule has 14 heavy (non-hydrogen) atoms. The van der Waals surface area contributed by atoms with Crippen molar-refractivity contribution in [1.82, 2.24) is 0 Å². The van der Waals surface area contributed by atoms with Crippen molar-refractivity contribution in [1.29, 1.82) is 0 Å². The summed E-state index contributed by atoms with van der Waals surface area (Å²) in [5.74, 6) is 0.368. The molecule has 1 aromatic carbocycles. The highest BCUT2D eigenvalue weighted by Gasteiger charge is 2.03. The van der Waals surface area contributed by atoms with Crippen LogP contribution in [0.4, 0.5) is 0 Å². The van der Waals surface area contributed by atoms with Crippen LogP contribution in [0.2, 0.25) is 0 Å². The minimum absolute atomic E-state index is 0.368. The second-order valence-electron chi connectivity index (χ2n) is 3.18. The first-order valence-corrected chi connectivity index (χ1v) is 6.31. The molecule has 0 radical (unpaired) electrons. The van der Waals surface area contributed by atoms with Crippen LogP contribution >= 0.6 is 0 Å². The lowest BCUT2D eigenvalue weighted by Gasteiger charge is -2.03. The Hall–Kier alpha value is -1.03. The molecule has 0 saturated carbocycles. The molecule has 0 spiro atoms. The van der Waals surface area contributed by atoms with E-state index < -0.39 is 10.1 Å². The van der Waals surface area contributed by atoms with E-state index in [2.05, 4.69) is 6.92 Å². The predicted molar refractivity (Wildman–Crippen MR) is 55.9 cm³/mol. The maximum Gasteiger partial charge on any atom is 0.306 e. The highest BCUT2D eigenvalue weighted by molar-refractivity contribution is 7.86. The molecule has 78 valence electrons. The van der Waals surface area contributed by atoms with Crippen LogP contribution in [0.25, 0.3) is 0 Å². The molecule has 4 heteroatoms. The highest BCUT2D eigenvalue weighted by Crippen LogP contribution is 2.14. The number of aryl methyl sites for hydroxylation is 1. The lowest BCUT2D eigenvalue weighted by atomic mass is 10.1. The fourth-order valence-corrected chi connectivity index (χ4v) is 1.64. The normalized spacial score (nSPS) is 11.3. The summed E-state index contributed by atoms with van der Waals surface area (Å²) in [5.41, 5.74) is 1.19. The Morgan fingerprint density at radius 3 is 2.21 bits per heavy atom. The van der Waals surface area contributed by atoms with Gasteiger partial charge in [0.2, 0.25) is 0 Å². The fourth-order valence-electron chi connectivity index (χ4n) is 1.18. The molecule has 0 aliphatic heterocycles. The van der Waals surface area contributed by atoms with E-state index in [1.165, 1.54) is 5.56 Å². The summed E-state index contributed by atoms with van der Waals surface area (Å²) in [4.78, 5) is 0. The molecule has 0 aliphatic rings. The summed E-state index contributed by atoms with van der Waals surface area (Å²) in [7, 11) is -3.40. The van der Waals surface area contributed by atoms with Crippen molar-refractivity contribution in [3.63, 3.8) is 0 Å². The zero-order valence-corrected chi connectivity index (χ0v) is 9.17. The van der Waals surface area contributed by atoms with Gasteiger partial charge in [0.25, 0.3) is 0 Å². The van der Waals surface area contributed by atoms with Gasteiger partial charge in [0.1, 0.15) is 5.75 Å². The lowest BCUT2D eigenvalue weighted by molar-refractivity contribution is 0.493. The van der Waals surface area contributed by atoms with Gasteiger partial charge in [-0.2, -0.15) is 8.42 Å². The minimum Gasteiger partial charge on any atom is -0.383 e. The monoisotopic (exact) mass is 214 g/mol. The van der Waals surface area contributed by atoms with Crippen molar-refractivity contribution in [3.8, 4) is 5.75 Å². The van der Waals surface area contributed by atoms with E-state index in [0.717, 1.165) is 19.1 Å².